The SMILES string of the molecule is CCCCCCOc1ccc(C=NNC(=O)COc2cccc(Cl)c2)cc1OC. The molecule has 2 aromatic rings. The van der Waals surface area contributed by atoms with E-state index in [9.17, 15) is 4.79 Å². The fourth-order valence-corrected chi connectivity index (χ4v) is 2.69. The first kappa shape index (κ1) is 22.6. The van der Waals surface area contributed by atoms with Gasteiger partial charge in [-0.15, -0.1) is 0 Å². The third kappa shape index (κ3) is 8.44. The summed E-state index contributed by atoms with van der Waals surface area (Å²) >= 11 is 5.87. The van der Waals surface area contributed by atoms with Gasteiger partial charge in [-0.2, -0.15) is 5.10 Å². The van der Waals surface area contributed by atoms with Gasteiger partial charge in [-0.1, -0.05) is 43.9 Å². The highest BCUT2D eigenvalue weighted by molar-refractivity contribution is 6.30. The highest BCUT2D eigenvalue weighted by atomic mass is 35.5. The number of benzene rings is 2. The van der Waals surface area contributed by atoms with Crippen LogP contribution in [0.3, 0.4) is 0 Å². The molecule has 0 heterocycles. The summed E-state index contributed by atoms with van der Waals surface area (Å²) in [5.74, 6) is 1.46. The smallest absolute Gasteiger partial charge is 0.277 e. The summed E-state index contributed by atoms with van der Waals surface area (Å²) in [4.78, 5) is 11.8. The lowest BCUT2D eigenvalue weighted by molar-refractivity contribution is -0.123. The lowest BCUT2D eigenvalue weighted by Crippen LogP contribution is -2.24. The quantitative estimate of drug-likeness (QED) is 0.304. The van der Waals surface area contributed by atoms with Gasteiger partial charge in [-0.25, -0.2) is 5.43 Å². The Morgan fingerprint density at radius 2 is 1.97 bits per heavy atom. The first-order valence-electron chi connectivity index (χ1n) is 9.63. The van der Waals surface area contributed by atoms with Gasteiger partial charge in [-0.3, -0.25) is 4.79 Å². The Bertz CT molecular complexity index is 811. The molecular weight excluding hydrogens is 392 g/mol. The third-order valence-corrected chi connectivity index (χ3v) is 4.25. The molecule has 7 heteroatoms. The number of halogens is 1. The maximum absolute atomic E-state index is 11.8. The number of rotatable bonds is 12. The summed E-state index contributed by atoms with van der Waals surface area (Å²) in [6.07, 6.45) is 6.12. The summed E-state index contributed by atoms with van der Waals surface area (Å²) < 4.78 is 16.5. The number of hydrazone groups is 1. The Morgan fingerprint density at radius 3 is 2.72 bits per heavy atom. The number of ether oxygens (including phenoxy) is 3. The highest BCUT2D eigenvalue weighted by Crippen LogP contribution is 2.27. The average molecular weight is 419 g/mol. The first-order chi connectivity index (χ1) is 14.1. The molecule has 0 aliphatic heterocycles. The van der Waals surface area contributed by atoms with Crippen LogP contribution in [-0.2, 0) is 4.79 Å². The number of amides is 1. The van der Waals surface area contributed by atoms with Crippen LogP contribution in [0.2, 0.25) is 5.02 Å². The molecule has 0 fully saturated rings. The van der Waals surface area contributed by atoms with Crippen LogP contribution in [0.1, 0.15) is 38.2 Å². The molecule has 0 radical (unpaired) electrons. The highest BCUT2D eigenvalue weighted by Gasteiger charge is 2.06. The zero-order valence-electron chi connectivity index (χ0n) is 16.8. The van der Waals surface area contributed by atoms with E-state index in [1.165, 1.54) is 19.1 Å². The van der Waals surface area contributed by atoms with Crippen LogP contribution in [-0.4, -0.2) is 32.4 Å². The molecule has 2 aromatic carbocycles. The molecule has 156 valence electrons. The molecule has 0 aliphatic carbocycles. The second kappa shape index (κ2) is 12.7. The molecule has 1 N–H and O–H groups in total. The van der Waals surface area contributed by atoms with Gasteiger partial charge in [0.1, 0.15) is 5.75 Å². The standard InChI is InChI=1S/C22H27ClN2O4/c1-3-4-5-6-12-28-20-11-10-17(13-21(20)27-2)15-24-25-22(26)16-29-19-9-7-8-18(23)14-19/h7-11,13-15H,3-6,12,16H2,1-2H3,(H,25,26). The second-order valence-corrected chi connectivity index (χ2v) is 6.80. The fraction of sp³-hybridized carbons (Fsp3) is 0.364. The number of carbonyl (C=O) groups is 1. The van der Waals surface area contributed by atoms with Crippen LogP contribution >= 0.6 is 11.6 Å². The molecule has 0 atom stereocenters. The molecule has 0 saturated carbocycles. The summed E-state index contributed by atoms with van der Waals surface area (Å²) in [5, 5.41) is 4.49. The van der Waals surface area contributed by atoms with Crippen molar-refractivity contribution in [1.82, 2.24) is 5.43 Å². The van der Waals surface area contributed by atoms with Crippen molar-refractivity contribution in [3.05, 3.63) is 53.1 Å². The molecule has 0 bridgehead atoms. The predicted molar refractivity (Wildman–Crippen MR) is 115 cm³/mol. The lowest BCUT2D eigenvalue weighted by Gasteiger charge is -2.11. The Hall–Kier alpha value is -2.73. The molecule has 29 heavy (non-hydrogen) atoms. The van der Waals surface area contributed by atoms with Gasteiger partial charge in [0.15, 0.2) is 18.1 Å². The number of hydrogen-bond acceptors (Lipinski definition) is 5. The minimum atomic E-state index is -0.375. The zero-order chi connectivity index (χ0) is 20.9. The van der Waals surface area contributed by atoms with Crippen molar-refractivity contribution in [1.29, 1.82) is 0 Å². The van der Waals surface area contributed by atoms with Gasteiger partial charge in [0.05, 0.1) is 19.9 Å². The van der Waals surface area contributed by atoms with E-state index < -0.39 is 0 Å². The second-order valence-electron chi connectivity index (χ2n) is 6.36. The molecule has 0 aromatic heterocycles. The Morgan fingerprint density at radius 1 is 1.10 bits per heavy atom. The van der Waals surface area contributed by atoms with Crippen molar-refractivity contribution in [2.45, 2.75) is 32.6 Å². The van der Waals surface area contributed by atoms with Crippen LogP contribution in [0.4, 0.5) is 0 Å². The van der Waals surface area contributed by atoms with Gasteiger partial charge < -0.3 is 14.2 Å². The van der Waals surface area contributed by atoms with E-state index >= 15 is 0 Å². The van der Waals surface area contributed by atoms with Crippen molar-refractivity contribution in [2.24, 2.45) is 5.10 Å². The van der Waals surface area contributed by atoms with Crippen molar-refractivity contribution in [3.63, 3.8) is 0 Å². The number of unbranched alkanes of at least 4 members (excludes halogenated alkanes) is 3. The van der Waals surface area contributed by atoms with Gasteiger partial charge in [0.2, 0.25) is 0 Å². The van der Waals surface area contributed by atoms with Crippen LogP contribution in [0.15, 0.2) is 47.6 Å². The van der Waals surface area contributed by atoms with Crippen LogP contribution in [0.25, 0.3) is 0 Å². The van der Waals surface area contributed by atoms with Gasteiger partial charge in [-0.05, 0) is 48.4 Å². The fourth-order valence-electron chi connectivity index (χ4n) is 2.51. The van der Waals surface area contributed by atoms with Crippen molar-refractivity contribution >= 4 is 23.7 Å². The topological polar surface area (TPSA) is 69.2 Å². The van der Waals surface area contributed by atoms with Gasteiger partial charge in [0, 0.05) is 5.02 Å². The van der Waals surface area contributed by atoms with E-state index in [4.69, 9.17) is 25.8 Å². The summed E-state index contributed by atoms with van der Waals surface area (Å²) in [6.45, 7) is 2.68. The molecule has 0 aliphatic rings. The predicted octanol–water partition coefficient (Wildman–Crippen LogP) is 4.84. The maximum Gasteiger partial charge on any atom is 0.277 e. The monoisotopic (exact) mass is 418 g/mol. The van der Waals surface area contributed by atoms with Crippen LogP contribution in [0.5, 0.6) is 17.2 Å². The average Bonchev–Trinajstić information content (AvgIpc) is 2.73. The van der Waals surface area contributed by atoms with Crippen LogP contribution < -0.4 is 19.6 Å². The molecule has 0 saturated heterocycles. The molecule has 2 rings (SSSR count). The number of hydrogen-bond donors (Lipinski definition) is 1. The first-order valence-corrected chi connectivity index (χ1v) is 10.0. The maximum atomic E-state index is 11.8. The van der Waals surface area contributed by atoms with Crippen molar-refractivity contribution < 1.29 is 19.0 Å². The Balaban J connectivity index is 1.80. The Kier molecular flexibility index (Phi) is 9.86. The minimum Gasteiger partial charge on any atom is -0.493 e. The third-order valence-electron chi connectivity index (χ3n) is 4.01. The molecule has 0 spiro atoms. The number of methoxy groups -OCH3 is 1. The van der Waals surface area contributed by atoms with E-state index in [0.29, 0.717) is 28.9 Å². The molecule has 0 unspecified atom stereocenters. The molecule has 6 nitrogen and oxygen atoms in total. The van der Waals surface area contributed by atoms with Crippen LogP contribution in [0, 0.1) is 0 Å². The van der Waals surface area contributed by atoms with Crippen molar-refractivity contribution in [3.8, 4) is 17.2 Å². The van der Waals surface area contributed by atoms with E-state index in [1.807, 2.05) is 12.1 Å². The zero-order valence-corrected chi connectivity index (χ0v) is 17.6. The van der Waals surface area contributed by atoms with E-state index in [2.05, 4.69) is 17.5 Å². The van der Waals surface area contributed by atoms with Gasteiger partial charge >= 0.3 is 0 Å². The number of nitrogens with zero attached hydrogens (tertiary/aromatic N) is 1. The number of nitrogens with one attached hydrogen (secondary N) is 1. The summed E-state index contributed by atoms with van der Waals surface area (Å²) in [6, 6.07) is 12.3. The van der Waals surface area contributed by atoms with E-state index in [1.54, 1.807) is 37.4 Å². The van der Waals surface area contributed by atoms with E-state index in [0.717, 1.165) is 18.4 Å². The summed E-state index contributed by atoms with van der Waals surface area (Å²) in [7, 11) is 1.59. The largest absolute Gasteiger partial charge is 0.493 e. The normalized spacial score (nSPS) is 10.7. The molecule has 1 amide bonds. The van der Waals surface area contributed by atoms with Gasteiger partial charge in [0.25, 0.3) is 5.91 Å². The Labute approximate surface area is 176 Å². The summed E-state index contributed by atoms with van der Waals surface area (Å²) in [5.41, 5.74) is 3.20. The number of carbonyl (C=O) groups excluding carboxylic acids is 1. The molecular formula is C22H27ClN2O4. The van der Waals surface area contributed by atoms with E-state index in [-0.39, 0.29) is 12.5 Å². The lowest BCUT2D eigenvalue weighted by atomic mass is 10.2. The minimum absolute atomic E-state index is 0.161. The van der Waals surface area contributed by atoms with Crippen molar-refractivity contribution in [2.75, 3.05) is 20.3 Å².